The highest BCUT2D eigenvalue weighted by Crippen LogP contribution is 2.26. The molecule has 0 saturated carbocycles. The molecule has 0 fully saturated rings. The van der Waals surface area contributed by atoms with Crippen LogP contribution in [0.2, 0.25) is 0 Å². The van der Waals surface area contributed by atoms with Gasteiger partial charge in [0.05, 0.1) is 18.3 Å². The lowest BCUT2D eigenvalue weighted by Gasteiger charge is -2.01. The number of hydrogen-bond donors (Lipinski definition) is 1. The van der Waals surface area contributed by atoms with Gasteiger partial charge in [0.15, 0.2) is 11.7 Å². The lowest BCUT2D eigenvalue weighted by molar-refractivity contribution is -0.120. The molecule has 21 heavy (non-hydrogen) atoms. The van der Waals surface area contributed by atoms with E-state index in [0.717, 1.165) is 12.1 Å². The minimum Gasteiger partial charge on any atom is -0.441 e. The molecule has 1 N–H and O–H groups in total. The normalized spacial score (nSPS) is 10.1. The van der Waals surface area contributed by atoms with Crippen molar-refractivity contribution in [1.29, 1.82) is 0 Å². The van der Waals surface area contributed by atoms with Crippen molar-refractivity contribution in [1.82, 2.24) is 10.3 Å². The average Bonchev–Trinajstić information content (AvgIpc) is 2.91. The van der Waals surface area contributed by atoms with Crippen molar-refractivity contribution >= 4 is 5.91 Å². The maximum Gasteiger partial charge on any atom is 0.221 e. The van der Waals surface area contributed by atoms with Gasteiger partial charge >= 0.3 is 0 Å². The van der Waals surface area contributed by atoms with Crippen LogP contribution in [0.5, 0.6) is 0 Å². The summed E-state index contributed by atoms with van der Waals surface area (Å²) in [6.07, 6.45) is 6.59. The van der Waals surface area contributed by atoms with Crippen LogP contribution in [0.4, 0.5) is 8.78 Å². The minimum atomic E-state index is -0.732. The number of amides is 1. The third kappa shape index (κ3) is 3.66. The molecule has 4 nitrogen and oxygen atoms in total. The number of oxazole rings is 1. The van der Waals surface area contributed by atoms with Crippen LogP contribution in [-0.4, -0.2) is 17.4 Å². The van der Waals surface area contributed by atoms with Crippen LogP contribution in [0, 0.1) is 24.0 Å². The molecule has 0 bridgehead atoms. The molecule has 0 spiro atoms. The summed E-state index contributed by atoms with van der Waals surface area (Å²) in [7, 11) is 0. The molecule has 1 aromatic carbocycles. The van der Waals surface area contributed by atoms with Gasteiger partial charge in [-0.3, -0.25) is 4.79 Å². The van der Waals surface area contributed by atoms with E-state index in [-0.39, 0.29) is 42.5 Å². The lowest BCUT2D eigenvalue weighted by atomic mass is 10.1. The number of nitrogens with zero attached hydrogens (tertiary/aromatic N) is 1. The highest BCUT2D eigenvalue weighted by molar-refractivity contribution is 5.76. The summed E-state index contributed by atoms with van der Waals surface area (Å²) >= 11 is 0. The molecule has 6 heteroatoms. The van der Waals surface area contributed by atoms with Crippen LogP contribution in [-0.2, 0) is 11.2 Å². The van der Waals surface area contributed by atoms with Crippen molar-refractivity contribution in [3.05, 3.63) is 41.9 Å². The first-order valence-corrected chi connectivity index (χ1v) is 6.21. The summed E-state index contributed by atoms with van der Waals surface area (Å²) in [6.45, 7) is 0.149. The third-order valence-corrected chi connectivity index (χ3v) is 2.72. The molecule has 0 atom stereocenters. The molecular weight excluding hydrogens is 278 g/mol. The Kier molecular flexibility index (Phi) is 4.67. The number of nitrogens with one attached hydrogen (secondary N) is 1. The van der Waals surface area contributed by atoms with E-state index in [1.165, 1.54) is 12.3 Å². The molecule has 0 saturated heterocycles. The molecule has 108 valence electrons. The van der Waals surface area contributed by atoms with Gasteiger partial charge in [-0.1, -0.05) is 12.0 Å². The van der Waals surface area contributed by atoms with Crippen molar-refractivity contribution in [3.8, 4) is 23.7 Å². The minimum absolute atomic E-state index is 0.00960. The summed E-state index contributed by atoms with van der Waals surface area (Å²) in [5.41, 5.74) is -0.270. The molecule has 1 aromatic heterocycles. The number of hydrogen-bond acceptors (Lipinski definition) is 3. The molecule has 0 unspecified atom stereocenters. The second kappa shape index (κ2) is 6.66. The Labute approximate surface area is 120 Å². The fraction of sp³-hybridized carbons (Fsp3) is 0.200. The second-order valence-electron chi connectivity index (χ2n) is 4.20. The number of halogens is 2. The summed E-state index contributed by atoms with van der Waals surface area (Å²) in [5, 5.41) is 2.49. The molecule has 0 radical (unpaired) electrons. The Balaban J connectivity index is 2.05. The van der Waals surface area contributed by atoms with Gasteiger partial charge in [0.2, 0.25) is 5.91 Å². The Morgan fingerprint density at radius 2 is 2.10 bits per heavy atom. The number of aromatic nitrogens is 1. The first-order chi connectivity index (χ1) is 10.1. The van der Waals surface area contributed by atoms with E-state index in [1.54, 1.807) is 0 Å². The molecule has 1 amide bonds. The van der Waals surface area contributed by atoms with Crippen molar-refractivity contribution < 1.29 is 18.0 Å². The van der Waals surface area contributed by atoms with E-state index in [0.29, 0.717) is 0 Å². The van der Waals surface area contributed by atoms with Crippen molar-refractivity contribution in [2.24, 2.45) is 0 Å². The number of rotatable bonds is 5. The Morgan fingerprint density at radius 3 is 2.76 bits per heavy atom. The number of carbonyl (C=O) groups is 1. The molecule has 0 aliphatic carbocycles. The highest BCUT2D eigenvalue weighted by Gasteiger charge is 2.16. The third-order valence-electron chi connectivity index (χ3n) is 2.72. The zero-order valence-corrected chi connectivity index (χ0v) is 11.0. The van der Waals surface area contributed by atoms with Gasteiger partial charge < -0.3 is 9.73 Å². The number of terminal acetylenes is 1. The van der Waals surface area contributed by atoms with E-state index in [2.05, 4.69) is 16.2 Å². The highest BCUT2D eigenvalue weighted by atomic mass is 19.1. The molecule has 0 aliphatic heterocycles. The van der Waals surface area contributed by atoms with Crippen LogP contribution >= 0.6 is 0 Å². The van der Waals surface area contributed by atoms with E-state index in [9.17, 15) is 13.6 Å². The van der Waals surface area contributed by atoms with E-state index >= 15 is 0 Å². The summed E-state index contributed by atoms with van der Waals surface area (Å²) in [4.78, 5) is 15.3. The van der Waals surface area contributed by atoms with Gasteiger partial charge in [0.1, 0.15) is 11.6 Å². The summed E-state index contributed by atoms with van der Waals surface area (Å²) in [5.74, 6) is 0.787. The maximum absolute atomic E-state index is 13.6. The van der Waals surface area contributed by atoms with Crippen molar-refractivity contribution in [3.63, 3.8) is 0 Å². The van der Waals surface area contributed by atoms with Crippen molar-refractivity contribution in [2.45, 2.75) is 12.8 Å². The summed E-state index contributed by atoms with van der Waals surface area (Å²) < 4.78 is 32.5. The van der Waals surface area contributed by atoms with Crippen molar-refractivity contribution in [2.75, 3.05) is 6.54 Å². The average molecular weight is 290 g/mol. The Hall–Kier alpha value is -2.68. The predicted octanol–water partition coefficient (Wildman–Crippen LogP) is 2.30. The zero-order valence-electron chi connectivity index (χ0n) is 11.0. The summed E-state index contributed by atoms with van der Waals surface area (Å²) in [6, 6.07) is 3.53. The molecule has 2 rings (SSSR count). The monoisotopic (exact) mass is 290 g/mol. The topological polar surface area (TPSA) is 55.1 Å². The quantitative estimate of drug-likeness (QED) is 0.860. The number of carbonyl (C=O) groups excluding carboxylic acids is 1. The predicted molar refractivity (Wildman–Crippen MR) is 72.0 cm³/mol. The van der Waals surface area contributed by atoms with Crippen LogP contribution < -0.4 is 5.32 Å². The molecule has 0 aliphatic rings. The van der Waals surface area contributed by atoms with Gasteiger partial charge in [-0.2, -0.15) is 0 Å². The van der Waals surface area contributed by atoms with Gasteiger partial charge in [-0.25, -0.2) is 13.8 Å². The maximum atomic E-state index is 13.6. The van der Waals surface area contributed by atoms with Gasteiger partial charge in [0.25, 0.3) is 0 Å². The fourth-order valence-corrected chi connectivity index (χ4v) is 1.73. The standard InChI is InChI=1S/C15H12F2N2O2/c1-2-8-18-13(20)6-7-14-19-9-12(21-14)15-10(16)4-3-5-11(15)17/h1,3-5,9H,6-8H2,(H,18,20). The fourth-order valence-electron chi connectivity index (χ4n) is 1.73. The first kappa shape index (κ1) is 14.7. The lowest BCUT2D eigenvalue weighted by Crippen LogP contribution is -2.23. The number of aryl methyl sites for hydroxylation is 1. The van der Waals surface area contributed by atoms with E-state index in [1.807, 2.05) is 0 Å². The van der Waals surface area contributed by atoms with Gasteiger partial charge in [0, 0.05) is 12.8 Å². The zero-order chi connectivity index (χ0) is 15.2. The van der Waals surface area contributed by atoms with E-state index < -0.39 is 11.6 Å². The van der Waals surface area contributed by atoms with Gasteiger partial charge in [-0.15, -0.1) is 6.42 Å². The largest absolute Gasteiger partial charge is 0.441 e. The number of benzene rings is 1. The van der Waals surface area contributed by atoms with Crippen LogP contribution in [0.3, 0.4) is 0 Å². The van der Waals surface area contributed by atoms with Crippen LogP contribution in [0.1, 0.15) is 12.3 Å². The van der Waals surface area contributed by atoms with Gasteiger partial charge in [-0.05, 0) is 12.1 Å². The van der Waals surface area contributed by atoms with Crippen LogP contribution in [0.25, 0.3) is 11.3 Å². The smallest absolute Gasteiger partial charge is 0.221 e. The van der Waals surface area contributed by atoms with Crippen LogP contribution in [0.15, 0.2) is 28.8 Å². The Bertz CT molecular complexity index is 669. The molecular formula is C15H12F2N2O2. The molecule has 1 heterocycles. The second-order valence-corrected chi connectivity index (χ2v) is 4.20. The Morgan fingerprint density at radius 1 is 1.38 bits per heavy atom. The first-order valence-electron chi connectivity index (χ1n) is 6.21. The van der Waals surface area contributed by atoms with E-state index in [4.69, 9.17) is 10.8 Å². The molecule has 2 aromatic rings. The SMILES string of the molecule is C#CCNC(=O)CCc1ncc(-c2c(F)cccc2F)o1.